The zero-order valence-electron chi connectivity index (χ0n) is 10.2. The van der Waals surface area contributed by atoms with Crippen LogP contribution in [-0.4, -0.2) is 5.11 Å². The van der Waals surface area contributed by atoms with E-state index in [9.17, 15) is 5.11 Å². The van der Waals surface area contributed by atoms with E-state index < -0.39 is 6.10 Å². The van der Waals surface area contributed by atoms with Crippen molar-refractivity contribution in [3.05, 3.63) is 68.6 Å². The molecule has 1 atom stereocenters. The van der Waals surface area contributed by atoms with Crippen molar-refractivity contribution in [2.75, 3.05) is 0 Å². The number of fused-ring (bicyclic) bond motifs is 1. The van der Waals surface area contributed by atoms with Gasteiger partial charge in [-0.1, -0.05) is 36.4 Å². The Morgan fingerprint density at radius 1 is 1.05 bits per heavy atom. The molecule has 3 rings (SSSR count). The topological polar surface area (TPSA) is 20.2 Å². The number of aliphatic hydroxyl groups excluding tert-OH is 1. The van der Waals surface area contributed by atoms with E-state index in [1.807, 2.05) is 24.3 Å². The molecule has 2 aromatic carbocycles. The number of hydrogen-bond acceptors (Lipinski definition) is 2. The van der Waals surface area contributed by atoms with E-state index in [0.717, 1.165) is 9.13 Å². The lowest BCUT2D eigenvalue weighted by Gasteiger charge is -2.12. The molecule has 0 aliphatic carbocycles. The molecule has 0 aliphatic rings. The van der Waals surface area contributed by atoms with Crippen LogP contribution in [0.3, 0.4) is 0 Å². The van der Waals surface area contributed by atoms with Crippen LogP contribution in [0.25, 0.3) is 10.1 Å². The maximum atomic E-state index is 10.4. The van der Waals surface area contributed by atoms with Crippen molar-refractivity contribution in [2.45, 2.75) is 12.5 Å². The van der Waals surface area contributed by atoms with Crippen LogP contribution in [0, 0.1) is 3.57 Å². The van der Waals surface area contributed by atoms with Gasteiger partial charge < -0.3 is 5.11 Å². The number of halogens is 1. The Morgan fingerprint density at radius 2 is 1.79 bits per heavy atom. The second-order valence-corrected chi connectivity index (χ2v) is 6.57. The molecule has 1 heterocycles. The molecule has 1 unspecified atom stereocenters. The van der Waals surface area contributed by atoms with Gasteiger partial charge in [0, 0.05) is 14.7 Å². The van der Waals surface area contributed by atoms with Crippen molar-refractivity contribution in [1.29, 1.82) is 0 Å². The molecule has 96 valence electrons. The molecule has 0 saturated heterocycles. The summed E-state index contributed by atoms with van der Waals surface area (Å²) in [6.45, 7) is 0. The molecule has 1 nitrogen and oxygen atoms in total. The highest BCUT2D eigenvalue weighted by Gasteiger charge is 2.13. The van der Waals surface area contributed by atoms with Crippen LogP contribution in [0.1, 0.15) is 17.2 Å². The van der Waals surface area contributed by atoms with Gasteiger partial charge in [0.2, 0.25) is 0 Å². The lowest BCUT2D eigenvalue weighted by molar-refractivity contribution is 0.178. The number of thiophene rings is 1. The van der Waals surface area contributed by atoms with Crippen LogP contribution >= 0.6 is 33.9 Å². The van der Waals surface area contributed by atoms with Gasteiger partial charge in [-0.05, 0) is 56.6 Å². The molecule has 1 aromatic heterocycles. The minimum atomic E-state index is -0.439. The minimum Gasteiger partial charge on any atom is -0.388 e. The van der Waals surface area contributed by atoms with Crippen molar-refractivity contribution in [3.63, 3.8) is 0 Å². The van der Waals surface area contributed by atoms with Gasteiger partial charge in [0.1, 0.15) is 0 Å². The molecule has 3 heteroatoms. The third-order valence-electron chi connectivity index (χ3n) is 3.24. The molecule has 0 spiro atoms. The Hall–Kier alpha value is -0.910. The first-order valence-electron chi connectivity index (χ1n) is 6.13. The summed E-state index contributed by atoms with van der Waals surface area (Å²) in [7, 11) is 0. The fourth-order valence-corrected chi connectivity index (χ4v) is 3.98. The molecule has 0 radical (unpaired) electrons. The Morgan fingerprint density at radius 3 is 2.63 bits per heavy atom. The summed E-state index contributed by atoms with van der Waals surface area (Å²) in [4.78, 5) is 0. The van der Waals surface area contributed by atoms with Gasteiger partial charge in [-0.25, -0.2) is 0 Å². The van der Waals surface area contributed by atoms with Crippen molar-refractivity contribution in [2.24, 2.45) is 0 Å². The zero-order valence-corrected chi connectivity index (χ0v) is 13.2. The molecule has 0 bridgehead atoms. The summed E-state index contributed by atoms with van der Waals surface area (Å²) in [5.41, 5.74) is 2.24. The minimum absolute atomic E-state index is 0.439. The first-order chi connectivity index (χ1) is 9.25. The number of rotatable bonds is 3. The first-order valence-corrected chi connectivity index (χ1v) is 8.09. The first kappa shape index (κ1) is 13.1. The van der Waals surface area contributed by atoms with E-state index in [2.05, 4.69) is 52.2 Å². The largest absolute Gasteiger partial charge is 0.388 e. The highest BCUT2D eigenvalue weighted by Crippen LogP contribution is 2.30. The molecule has 1 N–H and O–H groups in total. The van der Waals surface area contributed by atoms with E-state index in [4.69, 9.17) is 0 Å². The second kappa shape index (κ2) is 5.61. The zero-order chi connectivity index (χ0) is 13.2. The summed E-state index contributed by atoms with van der Waals surface area (Å²) >= 11 is 4.02. The normalized spacial score (nSPS) is 12.7. The van der Waals surface area contributed by atoms with Gasteiger partial charge in [0.05, 0.1) is 6.10 Å². The maximum absolute atomic E-state index is 10.4. The van der Waals surface area contributed by atoms with E-state index in [1.165, 1.54) is 15.6 Å². The van der Waals surface area contributed by atoms with Gasteiger partial charge in [0.25, 0.3) is 0 Å². The van der Waals surface area contributed by atoms with E-state index >= 15 is 0 Å². The predicted octanol–water partition coefficient (Wildman–Crippen LogP) is 4.78. The molecule has 3 aromatic rings. The maximum Gasteiger partial charge on any atom is 0.0841 e. The van der Waals surface area contributed by atoms with Crippen molar-refractivity contribution >= 4 is 44.0 Å². The summed E-state index contributed by atoms with van der Waals surface area (Å²) in [5.74, 6) is 0. The molecule has 0 amide bonds. The summed E-state index contributed by atoms with van der Waals surface area (Å²) in [6, 6.07) is 16.4. The average molecular weight is 380 g/mol. The Bertz CT molecular complexity index is 705. The highest BCUT2D eigenvalue weighted by molar-refractivity contribution is 14.1. The monoisotopic (exact) mass is 380 g/mol. The lowest BCUT2D eigenvalue weighted by Crippen LogP contribution is -2.03. The van der Waals surface area contributed by atoms with E-state index in [0.29, 0.717) is 6.42 Å². The Balaban J connectivity index is 1.91. The molecule has 19 heavy (non-hydrogen) atoms. The highest BCUT2D eigenvalue weighted by atomic mass is 127. The van der Waals surface area contributed by atoms with Crippen LogP contribution in [-0.2, 0) is 6.42 Å². The number of benzene rings is 2. The van der Waals surface area contributed by atoms with E-state index in [-0.39, 0.29) is 0 Å². The summed E-state index contributed by atoms with van der Waals surface area (Å²) in [5, 5.41) is 13.9. The van der Waals surface area contributed by atoms with Crippen molar-refractivity contribution in [3.8, 4) is 0 Å². The Labute approximate surface area is 130 Å². The Kier molecular flexibility index (Phi) is 3.86. The second-order valence-electron chi connectivity index (χ2n) is 4.50. The van der Waals surface area contributed by atoms with Gasteiger partial charge >= 0.3 is 0 Å². The van der Waals surface area contributed by atoms with Gasteiger partial charge in [-0.3, -0.25) is 0 Å². The number of hydrogen-bond donors (Lipinski definition) is 1. The van der Waals surface area contributed by atoms with Crippen LogP contribution in [0.15, 0.2) is 53.9 Å². The lowest BCUT2D eigenvalue weighted by atomic mass is 10.0. The molecule has 0 saturated carbocycles. The third kappa shape index (κ3) is 2.68. The standard InChI is InChI=1S/C16H13IOS/c17-14-7-3-1-6-13(14)15(18)9-11-10-19-16-8-4-2-5-12(11)16/h1-8,10,15,18H,9H2. The van der Waals surface area contributed by atoms with Gasteiger partial charge in [-0.15, -0.1) is 11.3 Å². The summed E-state index contributed by atoms with van der Waals surface area (Å²) < 4.78 is 2.40. The molecule has 0 aliphatic heterocycles. The van der Waals surface area contributed by atoms with Crippen LogP contribution in [0.5, 0.6) is 0 Å². The quantitative estimate of drug-likeness (QED) is 0.649. The summed E-state index contributed by atoms with van der Waals surface area (Å²) in [6.07, 6.45) is 0.232. The van der Waals surface area contributed by atoms with Crippen LogP contribution in [0.2, 0.25) is 0 Å². The molecule has 0 fully saturated rings. The molecular weight excluding hydrogens is 367 g/mol. The smallest absolute Gasteiger partial charge is 0.0841 e. The van der Waals surface area contributed by atoms with Crippen molar-refractivity contribution < 1.29 is 5.11 Å². The number of aliphatic hydroxyl groups is 1. The predicted molar refractivity (Wildman–Crippen MR) is 89.6 cm³/mol. The SMILES string of the molecule is OC(Cc1csc2ccccc12)c1ccccc1I. The van der Waals surface area contributed by atoms with E-state index in [1.54, 1.807) is 11.3 Å². The van der Waals surface area contributed by atoms with Crippen molar-refractivity contribution in [1.82, 2.24) is 0 Å². The van der Waals surface area contributed by atoms with Gasteiger partial charge in [0.15, 0.2) is 0 Å². The van der Waals surface area contributed by atoms with Gasteiger partial charge in [-0.2, -0.15) is 0 Å². The molecular formula is C16H13IOS. The fourth-order valence-electron chi connectivity index (χ4n) is 2.25. The third-order valence-corrected chi connectivity index (χ3v) is 5.23. The fraction of sp³-hybridized carbons (Fsp3) is 0.125. The van der Waals surface area contributed by atoms with Crippen LogP contribution < -0.4 is 0 Å². The van der Waals surface area contributed by atoms with Crippen LogP contribution in [0.4, 0.5) is 0 Å². The average Bonchev–Trinajstić information content (AvgIpc) is 2.83.